The Morgan fingerprint density at radius 2 is 1.53 bits per heavy atom. The van der Waals surface area contributed by atoms with Crippen molar-refractivity contribution in [2.75, 3.05) is 19.6 Å². The molecule has 0 aliphatic heterocycles. The minimum atomic E-state index is 0.581. The third-order valence-corrected chi connectivity index (χ3v) is 3.02. The lowest BCUT2D eigenvalue weighted by atomic mass is 10.1. The van der Waals surface area contributed by atoms with Crippen LogP contribution >= 0.6 is 11.6 Å². The molecule has 0 spiro atoms. The van der Waals surface area contributed by atoms with E-state index in [1.807, 2.05) is 30.3 Å². The van der Waals surface area contributed by atoms with E-state index in [2.05, 4.69) is 32.3 Å². The second-order valence-electron chi connectivity index (χ2n) is 3.70. The van der Waals surface area contributed by atoms with Gasteiger partial charge in [-0.3, -0.25) is 0 Å². The first-order chi connectivity index (χ1) is 8.21. The summed E-state index contributed by atoms with van der Waals surface area (Å²) in [5.41, 5.74) is 2.28. The quantitative estimate of drug-likeness (QED) is 0.703. The Labute approximate surface area is 111 Å². The summed E-state index contributed by atoms with van der Waals surface area (Å²) in [5, 5.41) is 0. The minimum Gasteiger partial charge on any atom is -0.304 e. The van der Waals surface area contributed by atoms with E-state index >= 15 is 0 Å². The van der Waals surface area contributed by atoms with E-state index in [4.69, 9.17) is 11.6 Å². The smallest absolute Gasteiger partial charge is 0.0474 e. The maximum Gasteiger partial charge on any atom is 0.0474 e. The number of nitrogens with zero attached hydrogens (tertiary/aromatic N) is 1. The first-order valence-electron chi connectivity index (χ1n) is 6.21. The lowest BCUT2D eigenvalue weighted by Gasteiger charge is -2.13. The molecule has 0 heterocycles. The second-order valence-corrected chi connectivity index (χ2v) is 3.97. The Morgan fingerprint density at radius 3 is 1.76 bits per heavy atom. The van der Waals surface area contributed by atoms with Crippen molar-refractivity contribution in [1.82, 2.24) is 4.90 Å². The Bertz CT molecular complexity index is 283. The molecular formula is C15H24ClN. The zero-order chi connectivity index (χ0) is 13.1. The number of hydrogen-bond donors (Lipinski definition) is 0. The summed E-state index contributed by atoms with van der Waals surface area (Å²) >= 11 is 5.60. The molecule has 0 bridgehead atoms. The fourth-order valence-electron chi connectivity index (χ4n) is 1.41. The van der Waals surface area contributed by atoms with E-state index in [0.717, 1.165) is 11.1 Å². The monoisotopic (exact) mass is 253 g/mol. The molecule has 0 fully saturated rings. The van der Waals surface area contributed by atoms with Gasteiger partial charge in [0.2, 0.25) is 0 Å². The zero-order valence-corrected chi connectivity index (χ0v) is 12.0. The molecule has 0 unspecified atom stereocenters. The first kappa shape index (κ1) is 16.2. The fourth-order valence-corrected chi connectivity index (χ4v) is 1.59. The summed E-state index contributed by atoms with van der Waals surface area (Å²) < 4.78 is 0. The molecule has 1 aromatic carbocycles. The number of benzene rings is 1. The molecule has 0 N–H and O–H groups in total. The van der Waals surface area contributed by atoms with E-state index in [0.29, 0.717) is 5.88 Å². The molecule has 0 saturated carbocycles. The molecule has 0 radical (unpaired) electrons. The Hall–Kier alpha value is -0.790. The molecule has 1 rings (SSSR count). The molecule has 1 nitrogen and oxygen atoms in total. The van der Waals surface area contributed by atoms with Gasteiger partial charge in [-0.1, -0.05) is 57.7 Å². The molecule has 0 aliphatic carbocycles. The van der Waals surface area contributed by atoms with Crippen LogP contribution < -0.4 is 0 Å². The lowest BCUT2D eigenvalue weighted by Crippen LogP contribution is -2.21. The van der Waals surface area contributed by atoms with Crippen LogP contribution in [0.4, 0.5) is 0 Å². The van der Waals surface area contributed by atoms with Crippen molar-refractivity contribution in [2.45, 2.75) is 26.7 Å². The van der Waals surface area contributed by atoms with Crippen LogP contribution in [0.5, 0.6) is 0 Å². The van der Waals surface area contributed by atoms with E-state index in [9.17, 15) is 0 Å². The normalized spacial score (nSPS) is 9.71. The van der Waals surface area contributed by atoms with E-state index in [1.165, 1.54) is 19.6 Å². The summed E-state index contributed by atoms with van der Waals surface area (Å²) in [6.45, 7) is 13.8. The third-order valence-electron chi connectivity index (χ3n) is 2.71. The topological polar surface area (TPSA) is 3.24 Å². The molecule has 96 valence electrons. The second kappa shape index (κ2) is 10.4. The average Bonchev–Trinajstić information content (AvgIpc) is 2.41. The molecule has 0 saturated heterocycles. The van der Waals surface area contributed by atoms with Gasteiger partial charge in [0.15, 0.2) is 0 Å². The lowest BCUT2D eigenvalue weighted by molar-refractivity contribution is 0.321. The number of rotatable bonds is 5. The van der Waals surface area contributed by atoms with E-state index in [1.54, 1.807) is 0 Å². The Morgan fingerprint density at radius 1 is 1.06 bits per heavy atom. The van der Waals surface area contributed by atoms with Crippen LogP contribution in [0.3, 0.4) is 0 Å². The van der Waals surface area contributed by atoms with Crippen molar-refractivity contribution in [2.24, 2.45) is 0 Å². The molecule has 17 heavy (non-hydrogen) atoms. The molecule has 0 aromatic heterocycles. The number of hydrogen-bond acceptors (Lipinski definition) is 1. The molecule has 2 heteroatoms. The molecule has 0 aliphatic rings. The van der Waals surface area contributed by atoms with Crippen molar-refractivity contribution in [1.29, 1.82) is 0 Å². The van der Waals surface area contributed by atoms with Gasteiger partial charge in [-0.2, -0.15) is 0 Å². The number of halogens is 1. The predicted octanol–water partition coefficient (Wildman–Crippen LogP) is 4.42. The van der Waals surface area contributed by atoms with Gasteiger partial charge in [0.05, 0.1) is 0 Å². The molecule has 0 amide bonds. The van der Waals surface area contributed by atoms with Gasteiger partial charge in [0, 0.05) is 5.88 Å². The van der Waals surface area contributed by atoms with Gasteiger partial charge >= 0.3 is 0 Å². The van der Waals surface area contributed by atoms with E-state index < -0.39 is 0 Å². The zero-order valence-electron chi connectivity index (χ0n) is 11.2. The Kier molecular flexibility index (Phi) is 9.89. The molecule has 0 atom stereocenters. The summed E-state index contributed by atoms with van der Waals surface area (Å²) in [6, 6.07) is 8.02. The van der Waals surface area contributed by atoms with Crippen LogP contribution in [0.2, 0.25) is 0 Å². The van der Waals surface area contributed by atoms with Crippen LogP contribution in [0.25, 0.3) is 6.08 Å². The van der Waals surface area contributed by atoms with Crippen LogP contribution in [-0.4, -0.2) is 24.5 Å². The highest BCUT2D eigenvalue weighted by molar-refractivity contribution is 6.17. The van der Waals surface area contributed by atoms with Crippen LogP contribution in [0, 0.1) is 0 Å². The predicted molar refractivity (Wildman–Crippen MR) is 79.6 cm³/mol. The first-order valence-corrected chi connectivity index (χ1v) is 6.74. The van der Waals surface area contributed by atoms with Gasteiger partial charge in [-0.15, -0.1) is 11.6 Å². The van der Waals surface area contributed by atoms with Crippen LogP contribution in [-0.2, 0) is 5.88 Å². The molecular weight excluding hydrogens is 230 g/mol. The summed E-state index contributed by atoms with van der Waals surface area (Å²) in [6.07, 6.45) is 1.82. The summed E-state index contributed by atoms with van der Waals surface area (Å²) in [5.74, 6) is 0.581. The standard InChI is InChI=1S/C9H9Cl.C6H15N/c1-2-8-3-5-9(7-10)6-4-8;1-4-7(5-2)6-3/h2-6H,1,7H2;4-6H2,1-3H3. The van der Waals surface area contributed by atoms with Gasteiger partial charge in [-0.05, 0) is 30.8 Å². The third kappa shape index (κ3) is 7.19. The highest BCUT2D eigenvalue weighted by Gasteiger charge is 1.89. The Balaban J connectivity index is 0.000000325. The molecule has 1 aromatic rings. The highest BCUT2D eigenvalue weighted by atomic mass is 35.5. The van der Waals surface area contributed by atoms with Crippen molar-refractivity contribution in [3.8, 4) is 0 Å². The fraction of sp³-hybridized carbons (Fsp3) is 0.467. The highest BCUT2D eigenvalue weighted by Crippen LogP contribution is 2.06. The van der Waals surface area contributed by atoms with Crippen LogP contribution in [0.15, 0.2) is 30.8 Å². The van der Waals surface area contributed by atoms with Gasteiger partial charge in [0.25, 0.3) is 0 Å². The summed E-state index contributed by atoms with van der Waals surface area (Å²) in [4.78, 5) is 2.38. The van der Waals surface area contributed by atoms with E-state index in [-0.39, 0.29) is 0 Å². The van der Waals surface area contributed by atoms with Crippen LogP contribution in [0.1, 0.15) is 31.9 Å². The largest absolute Gasteiger partial charge is 0.304 e. The summed E-state index contributed by atoms with van der Waals surface area (Å²) in [7, 11) is 0. The van der Waals surface area contributed by atoms with Gasteiger partial charge in [-0.25, -0.2) is 0 Å². The minimum absolute atomic E-state index is 0.581. The van der Waals surface area contributed by atoms with Gasteiger partial charge in [0.1, 0.15) is 0 Å². The van der Waals surface area contributed by atoms with Crippen molar-refractivity contribution in [3.63, 3.8) is 0 Å². The number of alkyl halides is 1. The SMILES string of the molecule is C=Cc1ccc(CCl)cc1.CCN(CC)CC. The average molecular weight is 254 g/mol. The van der Waals surface area contributed by atoms with Crippen molar-refractivity contribution >= 4 is 17.7 Å². The maximum absolute atomic E-state index is 5.60. The maximum atomic E-state index is 5.60. The van der Waals surface area contributed by atoms with Crippen molar-refractivity contribution < 1.29 is 0 Å². The van der Waals surface area contributed by atoms with Gasteiger partial charge < -0.3 is 4.90 Å². The van der Waals surface area contributed by atoms with Crippen molar-refractivity contribution in [3.05, 3.63) is 42.0 Å².